The molecule has 1 aromatic heterocycles. The Balaban J connectivity index is 2.23. The van der Waals surface area contributed by atoms with Crippen LogP contribution in [0.1, 0.15) is 32.6 Å². The Kier molecular flexibility index (Phi) is 5.85. The molecule has 0 amide bonds. The largest absolute Gasteiger partial charge is 0.493 e. The summed E-state index contributed by atoms with van der Waals surface area (Å²) in [5, 5.41) is 2.59. The maximum atomic E-state index is 11.8. The van der Waals surface area contributed by atoms with Crippen LogP contribution in [-0.2, 0) is 0 Å². The van der Waals surface area contributed by atoms with Gasteiger partial charge in [0.25, 0.3) is 5.56 Å². The van der Waals surface area contributed by atoms with E-state index in [-0.39, 0.29) is 11.6 Å². The van der Waals surface area contributed by atoms with Gasteiger partial charge in [-0.3, -0.25) is 4.79 Å². The maximum Gasteiger partial charge on any atom is 0.282 e. The lowest BCUT2D eigenvalue weighted by atomic mass is 10.2. The van der Waals surface area contributed by atoms with Gasteiger partial charge in [0.15, 0.2) is 5.82 Å². The van der Waals surface area contributed by atoms with Crippen LogP contribution in [0.25, 0.3) is 11.4 Å². The summed E-state index contributed by atoms with van der Waals surface area (Å²) in [6.07, 6.45) is 4.41. The Morgan fingerprint density at radius 3 is 2.74 bits per heavy atom. The lowest BCUT2D eigenvalue weighted by molar-refractivity contribution is 0.306. The zero-order valence-electron chi connectivity index (χ0n) is 13.0. The molecule has 0 spiro atoms. The number of aromatic amines is 1. The molecule has 0 saturated carbocycles. The molecular weight excluding hydrogens is 296 g/mol. The van der Waals surface area contributed by atoms with E-state index >= 15 is 0 Å². The van der Waals surface area contributed by atoms with E-state index < -0.39 is 11.2 Å². The minimum absolute atomic E-state index is 0.198. The molecule has 0 bridgehead atoms. The molecule has 3 N–H and O–H groups in total. The molecule has 23 heavy (non-hydrogen) atoms. The van der Waals surface area contributed by atoms with E-state index in [9.17, 15) is 9.70 Å². The third-order valence-electron chi connectivity index (χ3n) is 3.41. The number of ether oxygens (including phenoxy) is 1. The van der Waals surface area contributed by atoms with Gasteiger partial charge in [0.05, 0.1) is 12.2 Å². The molecule has 0 atom stereocenters. The minimum Gasteiger partial charge on any atom is -0.493 e. The Morgan fingerprint density at radius 2 is 2.04 bits per heavy atom. The number of nitrogens with two attached hydrogens (primary N) is 1. The number of para-hydroxylation sites is 1. The van der Waals surface area contributed by atoms with Crippen molar-refractivity contribution in [2.75, 3.05) is 12.3 Å². The molecule has 0 aliphatic heterocycles. The molecule has 0 radical (unpaired) electrons. The molecule has 122 valence electrons. The average Bonchev–Trinajstić information content (AvgIpc) is 2.55. The smallest absolute Gasteiger partial charge is 0.282 e. The number of aromatic nitrogens is 2. The third kappa shape index (κ3) is 4.15. The fourth-order valence-corrected chi connectivity index (χ4v) is 2.20. The summed E-state index contributed by atoms with van der Waals surface area (Å²) >= 11 is 0. The number of hydrogen-bond acceptors (Lipinski definition) is 6. The number of anilines is 1. The van der Waals surface area contributed by atoms with Crippen molar-refractivity contribution in [1.29, 1.82) is 0 Å². The SMILES string of the molecule is CCCCCCOc1ccccc1-c1nc(N)c(N=O)c(=O)[nH]1. The minimum atomic E-state index is -0.666. The molecule has 2 rings (SSSR count). The number of benzene rings is 1. The predicted molar refractivity (Wildman–Crippen MR) is 89.8 cm³/mol. The van der Waals surface area contributed by atoms with Gasteiger partial charge in [0, 0.05) is 0 Å². The van der Waals surface area contributed by atoms with Crippen LogP contribution in [0.3, 0.4) is 0 Å². The molecule has 7 heteroatoms. The summed E-state index contributed by atoms with van der Waals surface area (Å²) < 4.78 is 5.79. The Labute approximate surface area is 133 Å². The maximum absolute atomic E-state index is 11.8. The van der Waals surface area contributed by atoms with Crippen molar-refractivity contribution < 1.29 is 4.74 Å². The number of H-pyrrole nitrogens is 1. The highest BCUT2D eigenvalue weighted by Gasteiger charge is 2.13. The molecule has 7 nitrogen and oxygen atoms in total. The average molecular weight is 316 g/mol. The number of nitroso groups, excluding NO2 is 1. The van der Waals surface area contributed by atoms with Gasteiger partial charge in [-0.15, -0.1) is 4.91 Å². The standard InChI is InChI=1S/C16H20N4O3/c1-2-3-4-7-10-23-12-9-6-5-8-11(12)15-18-14(17)13(20-22)16(21)19-15/h5-6,8-9H,2-4,7,10H2,1H3,(H3,17,18,19,21). The van der Waals surface area contributed by atoms with E-state index in [0.29, 0.717) is 17.9 Å². The van der Waals surface area contributed by atoms with Crippen molar-refractivity contribution in [2.45, 2.75) is 32.6 Å². The highest BCUT2D eigenvalue weighted by atomic mass is 16.5. The van der Waals surface area contributed by atoms with Gasteiger partial charge < -0.3 is 15.5 Å². The Bertz CT molecular complexity index is 728. The van der Waals surface area contributed by atoms with Gasteiger partial charge in [0.1, 0.15) is 11.6 Å². The third-order valence-corrected chi connectivity index (χ3v) is 3.41. The Hall–Kier alpha value is -2.70. The number of rotatable bonds is 8. The van der Waals surface area contributed by atoms with Crippen LogP contribution in [0.4, 0.5) is 11.5 Å². The van der Waals surface area contributed by atoms with Crippen molar-refractivity contribution in [3.63, 3.8) is 0 Å². The molecular formula is C16H20N4O3. The zero-order chi connectivity index (χ0) is 16.7. The first-order valence-electron chi connectivity index (χ1n) is 7.62. The second-order valence-electron chi connectivity index (χ2n) is 5.14. The monoisotopic (exact) mass is 316 g/mol. The van der Waals surface area contributed by atoms with Crippen molar-refractivity contribution in [1.82, 2.24) is 9.97 Å². The van der Waals surface area contributed by atoms with E-state index in [1.54, 1.807) is 18.2 Å². The molecule has 0 fully saturated rings. The summed E-state index contributed by atoms with van der Waals surface area (Å²) in [6, 6.07) is 7.22. The van der Waals surface area contributed by atoms with E-state index in [2.05, 4.69) is 22.1 Å². The van der Waals surface area contributed by atoms with Crippen LogP contribution in [0.2, 0.25) is 0 Å². The van der Waals surface area contributed by atoms with Crippen LogP contribution >= 0.6 is 0 Å². The van der Waals surface area contributed by atoms with Gasteiger partial charge in [-0.05, 0) is 23.7 Å². The van der Waals surface area contributed by atoms with Gasteiger partial charge in [0.2, 0.25) is 5.69 Å². The van der Waals surface area contributed by atoms with E-state index in [4.69, 9.17) is 10.5 Å². The summed E-state index contributed by atoms with van der Waals surface area (Å²) in [5.41, 5.74) is 5.15. The van der Waals surface area contributed by atoms with Crippen LogP contribution in [0.5, 0.6) is 5.75 Å². The fourth-order valence-electron chi connectivity index (χ4n) is 2.20. The summed E-state index contributed by atoms with van der Waals surface area (Å²) in [7, 11) is 0. The summed E-state index contributed by atoms with van der Waals surface area (Å²) in [4.78, 5) is 28.9. The molecule has 2 aromatic rings. The lowest BCUT2D eigenvalue weighted by Crippen LogP contribution is -2.12. The van der Waals surface area contributed by atoms with Gasteiger partial charge >= 0.3 is 0 Å². The number of nitrogens with one attached hydrogen (secondary N) is 1. The summed E-state index contributed by atoms with van der Waals surface area (Å²) in [5.74, 6) is 0.666. The predicted octanol–water partition coefficient (Wildman–Crippen LogP) is 3.38. The number of nitrogens with zero attached hydrogens (tertiary/aromatic N) is 2. The van der Waals surface area contributed by atoms with E-state index in [1.807, 2.05) is 6.07 Å². The topological polar surface area (TPSA) is 110 Å². The van der Waals surface area contributed by atoms with Crippen molar-refractivity contribution in [2.24, 2.45) is 5.18 Å². The number of unbranched alkanes of at least 4 members (excludes halogenated alkanes) is 3. The first kappa shape index (κ1) is 16.7. The first-order valence-corrected chi connectivity index (χ1v) is 7.62. The quantitative estimate of drug-likeness (QED) is 0.573. The van der Waals surface area contributed by atoms with E-state index in [0.717, 1.165) is 19.3 Å². The molecule has 0 aliphatic carbocycles. The zero-order valence-corrected chi connectivity index (χ0v) is 13.0. The highest BCUT2D eigenvalue weighted by Crippen LogP contribution is 2.28. The van der Waals surface area contributed by atoms with Crippen molar-refractivity contribution >= 4 is 11.5 Å². The Morgan fingerprint density at radius 1 is 1.26 bits per heavy atom. The second kappa shape index (κ2) is 8.07. The van der Waals surface area contributed by atoms with E-state index in [1.165, 1.54) is 6.42 Å². The lowest BCUT2D eigenvalue weighted by Gasteiger charge is -2.11. The molecule has 1 heterocycles. The summed E-state index contributed by atoms with van der Waals surface area (Å²) in [6.45, 7) is 2.74. The molecule has 0 saturated heterocycles. The molecule has 1 aromatic carbocycles. The van der Waals surface area contributed by atoms with Crippen LogP contribution in [0.15, 0.2) is 34.2 Å². The number of hydrogen-bond donors (Lipinski definition) is 2. The van der Waals surface area contributed by atoms with Gasteiger partial charge in [-0.25, -0.2) is 4.98 Å². The first-order chi connectivity index (χ1) is 11.2. The van der Waals surface area contributed by atoms with Gasteiger partial charge in [-0.1, -0.05) is 38.3 Å². The fraction of sp³-hybridized carbons (Fsp3) is 0.375. The van der Waals surface area contributed by atoms with Crippen molar-refractivity contribution in [3.8, 4) is 17.1 Å². The highest BCUT2D eigenvalue weighted by molar-refractivity contribution is 5.67. The van der Waals surface area contributed by atoms with Crippen LogP contribution in [0, 0.1) is 4.91 Å². The molecule has 0 aliphatic rings. The van der Waals surface area contributed by atoms with Crippen molar-refractivity contribution in [3.05, 3.63) is 39.5 Å². The van der Waals surface area contributed by atoms with Crippen LogP contribution < -0.4 is 16.0 Å². The van der Waals surface area contributed by atoms with Crippen LogP contribution in [-0.4, -0.2) is 16.6 Å². The molecule has 0 unspecified atom stereocenters. The normalized spacial score (nSPS) is 10.5. The second-order valence-corrected chi connectivity index (χ2v) is 5.14. The number of nitrogen functional groups attached to an aromatic ring is 1. The van der Waals surface area contributed by atoms with Gasteiger partial charge in [-0.2, -0.15) is 0 Å².